The molecule has 1 heterocycles. The van der Waals surface area contributed by atoms with Crippen LogP contribution in [-0.4, -0.2) is 11.0 Å². The third-order valence-electron chi connectivity index (χ3n) is 3.61. The van der Waals surface area contributed by atoms with Gasteiger partial charge in [0.1, 0.15) is 4.60 Å². The minimum atomic E-state index is 0.404. The summed E-state index contributed by atoms with van der Waals surface area (Å²) in [6.07, 6.45) is 5.81. The van der Waals surface area contributed by atoms with Crippen LogP contribution in [0.5, 0.6) is 0 Å². The Morgan fingerprint density at radius 1 is 1.50 bits per heavy atom. The van der Waals surface area contributed by atoms with Crippen LogP contribution in [0.3, 0.4) is 0 Å². The van der Waals surface area contributed by atoms with Gasteiger partial charge in [-0.1, -0.05) is 20.3 Å². The van der Waals surface area contributed by atoms with E-state index in [9.17, 15) is 0 Å². The lowest BCUT2D eigenvalue weighted by Crippen LogP contribution is -2.30. The van der Waals surface area contributed by atoms with Crippen molar-refractivity contribution in [2.24, 2.45) is 5.41 Å². The van der Waals surface area contributed by atoms with Crippen molar-refractivity contribution in [1.29, 1.82) is 0 Å². The number of pyridine rings is 1. The van der Waals surface area contributed by atoms with E-state index in [-0.39, 0.29) is 0 Å². The monoisotopic (exact) mass is 282 g/mol. The van der Waals surface area contributed by atoms with Crippen LogP contribution < -0.4 is 5.32 Å². The third-order valence-corrected chi connectivity index (χ3v) is 4.44. The molecule has 1 unspecified atom stereocenters. The Hall–Kier alpha value is -0.570. The van der Waals surface area contributed by atoms with Gasteiger partial charge in [0, 0.05) is 6.04 Å². The maximum atomic E-state index is 4.32. The van der Waals surface area contributed by atoms with Crippen molar-refractivity contribution in [3.8, 4) is 0 Å². The van der Waals surface area contributed by atoms with Crippen LogP contribution in [0.1, 0.15) is 38.7 Å². The lowest BCUT2D eigenvalue weighted by atomic mass is 9.87. The molecule has 1 fully saturated rings. The fraction of sp³-hybridized carbons (Fsp3) is 0.615. The molecule has 2 rings (SSSR count). The molecule has 3 heteroatoms. The van der Waals surface area contributed by atoms with Crippen molar-refractivity contribution in [2.75, 3.05) is 5.32 Å². The highest BCUT2D eigenvalue weighted by atomic mass is 79.9. The number of anilines is 1. The van der Waals surface area contributed by atoms with Gasteiger partial charge >= 0.3 is 0 Å². The molecule has 0 bridgehead atoms. The number of hydrogen-bond donors (Lipinski definition) is 1. The summed E-state index contributed by atoms with van der Waals surface area (Å²) in [5.74, 6) is 0. The quantitative estimate of drug-likeness (QED) is 0.825. The van der Waals surface area contributed by atoms with Gasteiger partial charge in [-0.2, -0.15) is 0 Å². The first-order valence-corrected chi connectivity index (χ1v) is 6.67. The highest BCUT2D eigenvalue weighted by Crippen LogP contribution is 2.39. The van der Waals surface area contributed by atoms with E-state index in [1.807, 2.05) is 6.20 Å². The Morgan fingerprint density at radius 3 is 2.81 bits per heavy atom. The number of rotatable bonds is 2. The first-order valence-electron chi connectivity index (χ1n) is 5.88. The largest absolute Gasteiger partial charge is 0.381 e. The first kappa shape index (κ1) is 11.9. The normalized spacial score (nSPS) is 23.4. The third kappa shape index (κ3) is 2.40. The van der Waals surface area contributed by atoms with Gasteiger partial charge in [-0.15, -0.1) is 0 Å². The number of aromatic nitrogens is 1. The molecule has 88 valence electrons. The molecule has 16 heavy (non-hydrogen) atoms. The van der Waals surface area contributed by atoms with Crippen molar-refractivity contribution >= 4 is 21.6 Å². The summed E-state index contributed by atoms with van der Waals surface area (Å²) in [6.45, 7) is 6.76. The molecule has 2 nitrogen and oxygen atoms in total. The Morgan fingerprint density at radius 2 is 2.25 bits per heavy atom. The van der Waals surface area contributed by atoms with Crippen molar-refractivity contribution in [1.82, 2.24) is 4.98 Å². The average Bonchev–Trinajstić information content (AvgIpc) is 2.52. The zero-order valence-electron chi connectivity index (χ0n) is 10.2. The Bertz CT molecular complexity index is 388. The summed E-state index contributed by atoms with van der Waals surface area (Å²) in [5.41, 5.74) is 2.72. The molecular formula is C13H19BrN2. The van der Waals surface area contributed by atoms with E-state index >= 15 is 0 Å². The molecule has 1 aromatic heterocycles. The van der Waals surface area contributed by atoms with Crippen molar-refractivity contribution < 1.29 is 0 Å². The van der Waals surface area contributed by atoms with E-state index in [0.717, 1.165) is 10.3 Å². The zero-order chi connectivity index (χ0) is 11.8. The molecule has 0 saturated heterocycles. The molecule has 1 saturated carbocycles. The van der Waals surface area contributed by atoms with E-state index in [2.05, 4.69) is 53.1 Å². The van der Waals surface area contributed by atoms with Gasteiger partial charge in [0.2, 0.25) is 0 Å². The number of hydrogen-bond acceptors (Lipinski definition) is 2. The van der Waals surface area contributed by atoms with E-state index in [4.69, 9.17) is 0 Å². The summed E-state index contributed by atoms with van der Waals surface area (Å²) in [7, 11) is 0. The number of halogens is 1. The summed E-state index contributed by atoms with van der Waals surface area (Å²) >= 11 is 3.43. The molecule has 0 amide bonds. The summed E-state index contributed by atoms with van der Waals surface area (Å²) in [6, 6.07) is 2.74. The van der Waals surface area contributed by atoms with E-state index in [1.54, 1.807) is 0 Å². The molecule has 1 N–H and O–H groups in total. The van der Waals surface area contributed by atoms with E-state index in [1.165, 1.54) is 24.8 Å². The molecule has 1 atom stereocenters. The molecule has 1 aromatic rings. The SMILES string of the molecule is Cc1cc(NC2CCCC2(C)C)cnc1Br. The van der Waals surface area contributed by atoms with Crippen LogP contribution in [0.2, 0.25) is 0 Å². The fourth-order valence-corrected chi connectivity index (χ4v) is 2.65. The topological polar surface area (TPSA) is 24.9 Å². The molecule has 0 aliphatic heterocycles. The van der Waals surface area contributed by atoms with Gasteiger partial charge < -0.3 is 5.32 Å². The maximum Gasteiger partial charge on any atom is 0.109 e. The standard InChI is InChI=1S/C13H19BrN2/c1-9-7-10(8-15-12(9)14)16-11-5-4-6-13(11,2)3/h7-8,11,16H,4-6H2,1-3H3. The average molecular weight is 283 g/mol. The highest BCUT2D eigenvalue weighted by Gasteiger charge is 2.34. The maximum absolute atomic E-state index is 4.32. The van der Waals surface area contributed by atoms with E-state index in [0.29, 0.717) is 11.5 Å². The Balaban J connectivity index is 2.12. The van der Waals surface area contributed by atoms with Gasteiger partial charge in [-0.05, 0) is 52.7 Å². The molecule has 1 aliphatic carbocycles. The minimum Gasteiger partial charge on any atom is -0.381 e. The molecule has 1 aliphatic rings. The van der Waals surface area contributed by atoms with Gasteiger partial charge in [0.05, 0.1) is 11.9 Å². The predicted molar refractivity (Wildman–Crippen MR) is 71.7 cm³/mol. The molecule has 0 aromatic carbocycles. The van der Waals surface area contributed by atoms with Gasteiger partial charge in [-0.3, -0.25) is 0 Å². The smallest absolute Gasteiger partial charge is 0.109 e. The second-order valence-corrected chi connectivity index (χ2v) is 6.16. The zero-order valence-corrected chi connectivity index (χ0v) is 11.8. The number of nitrogens with zero attached hydrogens (tertiary/aromatic N) is 1. The fourth-order valence-electron chi connectivity index (χ4n) is 2.43. The van der Waals surface area contributed by atoms with E-state index < -0.39 is 0 Å². The minimum absolute atomic E-state index is 0.404. The van der Waals surface area contributed by atoms with Crippen molar-refractivity contribution in [2.45, 2.75) is 46.1 Å². The Labute approximate surface area is 106 Å². The van der Waals surface area contributed by atoms with Crippen LogP contribution in [0, 0.1) is 12.3 Å². The van der Waals surface area contributed by atoms with Crippen LogP contribution in [0.4, 0.5) is 5.69 Å². The van der Waals surface area contributed by atoms with Crippen molar-refractivity contribution in [3.63, 3.8) is 0 Å². The Kier molecular flexibility index (Phi) is 3.24. The van der Waals surface area contributed by atoms with Gasteiger partial charge in [-0.25, -0.2) is 4.98 Å². The lowest BCUT2D eigenvalue weighted by Gasteiger charge is -2.28. The molecular weight excluding hydrogens is 264 g/mol. The molecule has 0 radical (unpaired) electrons. The summed E-state index contributed by atoms with van der Waals surface area (Å²) in [4.78, 5) is 4.32. The first-order chi connectivity index (χ1) is 7.49. The summed E-state index contributed by atoms with van der Waals surface area (Å²) < 4.78 is 0.934. The second kappa shape index (κ2) is 4.36. The number of nitrogens with one attached hydrogen (secondary N) is 1. The second-order valence-electron chi connectivity index (χ2n) is 5.41. The van der Waals surface area contributed by atoms with Crippen LogP contribution >= 0.6 is 15.9 Å². The lowest BCUT2D eigenvalue weighted by molar-refractivity contribution is 0.350. The highest BCUT2D eigenvalue weighted by molar-refractivity contribution is 9.10. The van der Waals surface area contributed by atoms with Crippen LogP contribution in [0.25, 0.3) is 0 Å². The summed E-state index contributed by atoms with van der Waals surface area (Å²) in [5, 5.41) is 3.62. The van der Waals surface area contributed by atoms with Crippen molar-refractivity contribution in [3.05, 3.63) is 22.4 Å². The van der Waals surface area contributed by atoms with Crippen LogP contribution in [0.15, 0.2) is 16.9 Å². The van der Waals surface area contributed by atoms with Gasteiger partial charge in [0.15, 0.2) is 0 Å². The van der Waals surface area contributed by atoms with Crippen LogP contribution in [-0.2, 0) is 0 Å². The predicted octanol–water partition coefficient (Wildman–Crippen LogP) is 4.14. The van der Waals surface area contributed by atoms with Gasteiger partial charge in [0.25, 0.3) is 0 Å². The molecule has 0 spiro atoms. The number of aryl methyl sites for hydroxylation is 1.